The van der Waals surface area contributed by atoms with Crippen molar-refractivity contribution in [3.63, 3.8) is 0 Å². The number of carboxylic acid groups (broad SMARTS) is 1. The van der Waals surface area contributed by atoms with E-state index in [0.29, 0.717) is 39.3 Å². The number of nitrogens with zero attached hydrogens (tertiary/aromatic N) is 3. The number of ether oxygens (including phenoxy) is 2. The molecule has 0 radical (unpaired) electrons. The van der Waals surface area contributed by atoms with Gasteiger partial charge in [0.15, 0.2) is 12.4 Å². The van der Waals surface area contributed by atoms with Gasteiger partial charge in [-0.15, -0.1) is 0 Å². The summed E-state index contributed by atoms with van der Waals surface area (Å²) >= 11 is 0. The van der Waals surface area contributed by atoms with Gasteiger partial charge in [0.25, 0.3) is 5.56 Å². The molecule has 5 aromatic rings. The summed E-state index contributed by atoms with van der Waals surface area (Å²) in [5.74, 6) is 0.591. The molecule has 3 aromatic carbocycles. The number of furan rings is 1. The third-order valence-corrected chi connectivity index (χ3v) is 5.28. The highest BCUT2D eigenvalue weighted by Gasteiger charge is 2.17. The number of methoxy groups -OCH3 is 1. The minimum Gasteiger partial charge on any atom is -0.496 e. The molecule has 0 aliphatic carbocycles. The van der Waals surface area contributed by atoms with E-state index in [4.69, 9.17) is 19.0 Å². The van der Waals surface area contributed by atoms with Crippen LogP contribution in [0.3, 0.4) is 0 Å². The summed E-state index contributed by atoms with van der Waals surface area (Å²) in [5, 5.41) is 14.3. The zero-order valence-electron chi connectivity index (χ0n) is 18.5. The molecule has 0 atom stereocenters. The van der Waals surface area contributed by atoms with E-state index in [1.165, 1.54) is 10.9 Å². The maximum Gasteiger partial charge on any atom is 0.341 e. The van der Waals surface area contributed by atoms with Crippen LogP contribution in [0.15, 0.2) is 87.1 Å². The molecule has 0 saturated heterocycles. The van der Waals surface area contributed by atoms with E-state index in [0.717, 1.165) is 5.39 Å². The van der Waals surface area contributed by atoms with Crippen LogP contribution in [0, 0.1) is 0 Å². The number of aliphatic carboxylic acids is 1. The molecule has 2 aromatic heterocycles. The van der Waals surface area contributed by atoms with Gasteiger partial charge in [-0.05, 0) is 60.2 Å². The summed E-state index contributed by atoms with van der Waals surface area (Å²) < 4.78 is 17.8. The highest BCUT2D eigenvalue weighted by Crippen LogP contribution is 2.32. The maximum absolute atomic E-state index is 13.4. The normalized spacial score (nSPS) is 11.3. The number of para-hydroxylation sites is 1. The number of hydrogen-bond acceptors (Lipinski definition) is 7. The third kappa shape index (κ3) is 4.34. The van der Waals surface area contributed by atoms with Crippen LogP contribution in [0.4, 0.5) is 0 Å². The number of benzene rings is 3. The molecule has 0 bridgehead atoms. The molecule has 35 heavy (non-hydrogen) atoms. The molecular formula is C26H19N3O6. The van der Waals surface area contributed by atoms with Gasteiger partial charge in [-0.3, -0.25) is 4.79 Å². The van der Waals surface area contributed by atoms with E-state index >= 15 is 0 Å². The molecule has 0 spiro atoms. The molecule has 0 aliphatic rings. The van der Waals surface area contributed by atoms with E-state index in [9.17, 15) is 9.59 Å². The minimum absolute atomic E-state index is 0.240. The third-order valence-electron chi connectivity index (χ3n) is 5.28. The molecule has 9 nitrogen and oxygen atoms in total. The maximum atomic E-state index is 13.4. The van der Waals surface area contributed by atoms with Crippen LogP contribution in [-0.2, 0) is 4.79 Å². The molecular weight excluding hydrogens is 450 g/mol. The summed E-state index contributed by atoms with van der Waals surface area (Å²) in [5.41, 5.74) is 1.43. The van der Waals surface area contributed by atoms with Crippen molar-refractivity contribution in [1.82, 2.24) is 9.66 Å². The van der Waals surface area contributed by atoms with Gasteiger partial charge in [-0.25, -0.2) is 9.78 Å². The van der Waals surface area contributed by atoms with E-state index < -0.39 is 12.6 Å². The SMILES string of the molecule is COc1cccc2oc(-c3nc4ccccc4c(=O)n3N=Cc3ccc(OCC(=O)O)cc3)cc12. The van der Waals surface area contributed by atoms with Crippen molar-refractivity contribution in [2.45, 2.75) is 0 Å². The zero-order valence-corrected chi connectivity index (χ0v) is 18.5. The number of hydrogen-bond donors (Lipinski definition) is 1. The Kier molecular flexibility index (Phi) is 5.72. The fourth-order valence-electron chi connectivity index (χ4n) is 3.63. The summed E-state index contributed by atoms with van der Waals surface area (Å²) in [6.45, 7) is -0.433. The van der Waals surface area contributed by atoms with Gasteiger partial charge < -0.3 is 19.0 Å². The first-order valence-electron chi connectivity index (χ1n) is 10.6. The van der Waals surface area contributed by atoms with Gasteiger partial charge in [0.05, 0.1) is 29.6 Å². The Morgan fingerprint density at radius 1 is 1.09 bits per heavy atom. The van der Waals surface area contributed by atoms with Gasteiger partial charge in [0.2, 0.25) is 5.82 Å². The average molecular weight is 469 g/mol. The molecule has 0 saturated carbocycles. The minimum atomic E-state index is -1.06. The number of carbonyl (C=O) groups is 1. The zero-order chi connectivity index (χ0) is 24.4. The van der Waals surface area contributed by atoms with Crippen molar-refractivity contribution in [2.24, 2.45) is 5.10 Å². The molecule has 0 amide bonds. The van der Waals surface area contributed by atoms with Gasteiger partial charge in [-0.1, -0.05) is 18.2 Å². The van der Waals surface area contributed by atoms with Gasteiger partial charge >= 0.3 is 5.97 Å². The summed E-state index contributed by atoms with van der Waals surface area (Å²) in [6, 6.07) is 20.9. The first kappa shape index (κ1) is 21.9. The molecule has 1 N–H and O–H groups in total. The second kappa shape index (κ2) is 9.14. The predicted molar refractivity (Wildman–Crippen MR) is 130 cm³/mol. The fraction of sp³-hybridized carbons (Fsp3) is 0.0769. The number of fused-ring (bicyclic) bond motifs is 2. The van der Waals surface area contributed by atoms with Crippen molar-refractivity contribution in [2.75, 3.05) is 13.7 Å². The Bertz CT molecular complexity index is 1630. The van der Waals surface area contributed by atoms with Gasteiger partial charge in [-0.2, -0.15) is 9.78 Å². The smallest absolute Gasteiger partial charge is 0.341 e. The molecule has 0 fully saturated rings. The molecule has 2 heterocycles. The second-order valence-corrected chi connectivity index (χ2v) is 7.55. The van der Waals surface area contributed by atoms with Gasteiger partial charge in [0.1, 0.15) is 17.1 Å². The molecule has 5 rings (SSSR count). The van der Waals surface area contributed by atoms with Crippen molar-refractivity contribution in [3.8, 4) is 23.1 Å². The van der Waals surface area contributed by atoms with Crippen LogP contribution in [-0.4, -0.2) is 40.7 Å². The Morgan fingerprint density at radius 3 is 2.66 bits per heavy atom. The standard InChI is InChI=1S/C26H19N3O6/c1-33-21-7-4-8-22-19(21)13-23(35-22)25-28-20-6-3-2-5-18(20)26(32)29(25)27-14-16-9-11-17(12-10-16)34-15-24(30)31/h2-14H,15H2,1H3,(H,30,31). The first-order chi connectivity index (χ1) is 17.0. The summed E-state index contributed by atoms with van der Waals surface area (Å²) in [4.78, 5) is 28.7. The Balaban J connectivity index is 1.60. The van der Waals surface area contributed by atoms with Crippen molar-refractivity contribution < 1.29 is 23.8 Å². The van der Waals surface area contributed by atoms with E-state index in [-0.39, 0.29) is 11.4 Å². The summed E-state index contributed by atoms with van der Waals surface area (Å²) in [7, 11) is 1.58. The van der Waals surface area contributed by atoms with Crippen LogP contribution in [0.5, 0.6) is 11.5 Å². The first-order valence-corrected chi connectivity index (χ1v) is 10.6. The number of aromatic nitrogens is 2. The van der Waals surface area contributed by atoms with Crippen molar-refractivity contribution >= 4 is 34.1 Å². The average Bonchev–Trinajstić information content (AvgIpc) is 3.32. The topological polar surface area (TPSA) is 116 Å². The summed E-state index contributed by atoms with van der Waals surface area (Å²) in [6.07, 6.45) is 1.51. The van der Waals surface area contributed by atoms with Crippen molar-refractivity contribution in [1.29, 1.82) is 0 Å². The number of carboxylic acids is 1. The second-order valence-electron chi connectivity index (χ2n) is 7.55. The highest BCUT2D eigenvalue weighted by atomic mass is 16.5. The molecule has 174 valence electrons. The lowest BCUT2D eigenvalue weighted by Crippen LogP contribution is -2.20. The van der Waals surface area contributed by atoms with E-state index in [1.54, 1.807) is 55.6 Å². The lowest BCUT2D eigenvalue weighted by atomic mass is 10.2. The van der Waals surface area contributed by atoms with Crippen molar-refractivity contribution in [3.05, 3.63) is 88.7 Å². The van der Waals surface area contributed by atoms with Crippen LogP contribution in [0.25, 0.3) is 33.5 Å². The highest BCUT2D eigenvalue weighted by molar-refractivity contribution is 5.88. The Labute approximate surface area is 198 Å². The molecule has 9 heteroatoms. The number of rotatable bonds is 7. The van der Waals surface area contributed by atoms with Crippen LogP contribution >= 0.6 is 0 Å². The molecule has 0 unspecified atom stereocenters. The monoisotopic (exact) mass is 469 g/mol. The lowest BCUT2D eigenvalue weighted by molar-refractivity contribution is -0.139. The largest absolute Gasteiger partial charge is 0.496 e. The van der Waals surface area contributed by atoms with Crippen LogP contribution in [0.2, 0.25) is 0 Å². The lowest BCUT2D eigenvalue weighted by Gasteiger charge is -2.07. The van der Waals surface area contributed by atoms with Gasteiger partial charge in [0, 0.05) is 0 Å². The fourth-order valence-corrected chi connectivity index (χ4v) is 3.63. The predicted octanol–water partition coefficient (Wildman–Crippen LogP) is 4.16. The van der Waals surface area contributed by atoms with Crippen LogP contribution < -0.4 is 15.0 Å². The Hall–Kier alpha value is -4.92. The van der Waals surface area contributed by atoms with E-state index in [2.05, 4.69) is 10.1 Å². The van der Waals surface area contributed by atoms with E-state index in [1.807, 2.05) is 24.3 Å². The molecule has 0 aliphatic heterocycles. The Morgan fingerprint density at radius 2 is 1.89 bits per heavy atom. The van der Waals surface area contributed by atoms with Crippen LogP contribution in [0.1, 0.15) is 5.56 Å². The quantitative estimate of drug-likeness (QED) is 0.356.